The van der Waals surface area contributed by atoms with E-state index < -0.39 is 0 Å². The highest BCUT2D eigenvalue weighted by Crippen LogP contribution is 2.42. The van der Waals surface area contributed by atoms with Crippen molar-refractivity contribution >= 4 is 65.6 Å². The molecule has 5 heteroatoms. The maximum atomic E-state index is 6.46. The van der Waals surface area contributed by atoms with Gasteiger partial charge in [0.05, 0.1) is 38.8 Å². The normalized spacial score (nSPS) is 11.9. The number of para-hydroxylation sites is 3. The molecule has 5 nitrogen and oxygen atoms in total. The third-order valence-corrected chi connectivity index (χ3v) is 11.3. The molecule has 12 rings (SSSR count). The van der Waals surface area contributed by atoms with Crippen LogP contribution in [0, 0.1) is 0 Å². The third kappa shape index (κ3) is 4.89. The van der Waals surface area contributed by atoms with E-state index >= 15 is 0 Å². The summed E-state index contributed by atoms with van der Waals surface area (Å²) in [5.41, 5.74) is 13.3. The van der Waals surface area contributed by atoms with E-state index in [1.807, 2.05) is 42.5 Å². The lowest BCUT2D eigenvalue weighted by molar-refractivity contribution is 0.669. The van der Waals surface area contributed by atoms with Crippen LogP contribution in [0.15, 0.2) is 199 Å². The van der Waals surface area contributed by atoms with Gasteiger partial charge in [-0.05, 0) is 72.8 Å². The predicted molar refractivity (Wildman–Crippen MR) is 234 cm³/mol. The van der Waals surface area contributed by atoms with E-state index in [0.717, 1.165) is 72.4 Å². The molecule has 12 aromatic rings. The second-order valence-corrected chi connectivity index (χ2v) is 14.6. The van der Waals surface area contributed by atoms with Crippen LogP contribution in [0.25, 0.3) is 111 Å². The Morgan fingerprint density at radius 3 is 1.56 bits per heavy atom. The van der Waals surface area contributed by atoms with Gasteiger partial charge in [-0.25, -0.2) is 9.97 Å². The molecule has 0 saturated carbocycles. The maximum absolute atomic E-state index is 6.46. The van der Waals surface area contributed by atoms with Crippen LogP contribution in [0.1, 0.15) is 0 Å². The molecule has 0 bridgehead atoms. The minimum absolute atomic E-state index is 0.681. The van der Waals surface area contributed by atoms with E-state index in [1.54, 1.807) is 0 Å². The van der Waals surface area contributed by atoms with Gasteiger partial charge in [-0.3, -0.25) is 0 Å². The minimum atomic E-state index is 0.681. The lowest BCUT2D eigenvalue weighted by atomic mass is 10.1. The molecule has 0 saturated heterocycles. The van der Waals surface area contributed by atoms with Gasteiger partial charge in [0.2, 0.25) is 0 Å². The van der Waals surface area contributed by atoms with Crippen molar-refractivity contribution in [1.29, 1.82) is 0 Å². The SMILES string of the molecule is c1ccc(-c2cc(-c3ccccc3)nc(-c3ccc(-n4c5cc(-n6c7ccccc7c7ccccc76)ccc5c5ccc6oc7ccccc7c6c54)cc3)n2)cc1. The summed E-state index contributed by atoms with van der Waals surface area (Å²) in [6.45, 7) is 0. The van der Waals surface area contributed by atoms with Gasteiger partial charge >= 0.3 is 0 Å². The van der Waals surface area contributed by atoms with Crippen molar-refractivity contribution in [1.82, 2.24) is 19.1 Å². The Morgan fingerprint density at radius 1 is 0.351 bits per heavy atom. The molecular formula is C52H32N4O. The van der Waals surface area contributed by atoms with Crippen LogP contribution >= 0.6 is 0 Å². The van der Waals surface area contributed by atoms with Crippen molar-refractivity contribution in [3.63, 3.8) is 0 Å². The van der Waals surface area contributed by atoms with E-state index in [4.69, 9.17) is 14.4 Å². The zero-order chi connectivity index (χ0) is 37.5. The molecule has 0 aliphatic rings. The van der Waals surface area contributed by atoms with Gasteiger partial charge in [-0.2, -0.15) is 0 Å². The van der Waals surface area contributed by atoms with Crippen molar-refractivity contribution in [3.8, 4) is 45.3 Å². The van der Waals surface area contributed by atoms with Crippen LogP contribution in [-0.4, -0.2) is 19.1 Å². The van der Waals surface area contributed by atoms with Crippen molar-refractivity contribution < 1.29 is 4.42 Å². The summed E-state index contributed by atoms with van der Waals surface area (Å²) in [6.07, 6.45) is 0. The zero-order valence-electron chi connectivity index (χ0n) is 30.7. The van der Waals surface area contributed by atoms with Crippen LogP contribution in [0.2, 0.25) is 0 Å². The summed E-state index contributed by atoms with van der Waals surface area (Å²) in [6, 6.07) is 68.3. The molecule has 0 fully saturated rings. The van der Waals surface area contributed by atoms with Gasteiger partial charge in [-0.1, -0.05) is 121 Å². The van der Waals surface area contributed by atoms with Crippen LogP contribution in [0.4, 0.5) is 0 Å². The fraction of sp³-hybridized carbons (Fsp3) is 0. The Kier molecular flexibility index (Phi) is 6.86. The summed E-state index contributed by atoms with van der Waals surface area (Å²) in [4.78, 5) is 10.2. The number of furan rings is 1. The Labute approximate surface area is 327 Å². The highest BCUT2D eigenvalue weighted by Gasteiger charge is 2.21. The Hall–Kier alpha value is -7.76. The molecule has 0 aliphatic heterocycles. The average molecular weight is 729 g/mol. The lowest BCUT2D eigenvalue weighted by Gasteiger charge is -2.13. The molecule has 4 heterocycles. The lowest BCUT2D eigenvalue weighted by Crippen LogP contribution is -1.98. The highest BCUT2D eigenvalue weighted by molar-refractivity contribution is 6.24. The third-order valence-electron chi connectivity index (χ3n) is 11.3. The molecule has 0 aliphatic carbocycles. The Balaban J connectivity index is 1.10. The number of hydrogen-bond acceptors (Lipinski definition) is 3. The molecule has 4 aromatic heterocycles. The monoisotopic (exact) mass is 728 g/mol. The van der Waals surface area contributed by atoms with Gasteiger partial charge in [0.15, 0.2) is 5.82 Å². The molecule has 0 spiro atoms. The fourth-order valence-electron chi connectivity index (χ4n) is 8.76. The Morgan fingerprint density at radius 2 is 0.895 bits per heavy atom. The van der Waals surface area contributed by atoms with E-state index in [1.165, 1.54) is 32.6 Å². The number of rotatable bonds is 5. The van der Waals surface area contributed by atoms with Gasteiger partial charge < -0.3 is 13.6 Å². The topological polar surface area (TPSA) is 48.8 Å². The first kappa shape index (κ1) is 31.6. The molecule has 0 radical (unpaired) electrons. The first-order valence-electron chi connectivity index (χ1n) is 19.2. The van der Waals surface area contributed by atoms with E-state index in [-0.39, 0.29) is 0 Å². The summed E-state index contributed by atoms with van der Waals surface area (Å²) in [5, 5.41) is 7.04. The predicted octanol–water partition coefficient (Wildman–Crippen LogP) is 13.6. The number of aromatic nitrogens is 4. The van der Waals surface area contributed by atoms with Crippen molar-refractivity contribution in [2.75, 3.05) is 0 Å². The van der Waals surface area contributed by atoms with E-state index in [0.29, 0.717) is 5.82 Å². The molecule has 8 aromatic carbocycles. The van der Waals surface area contributed by atoms with Crippen molar-refractivity contribution in [3.05, 3.63) is 194 Å². The van der Waals surface area contributed by atoms with Gasteiger partial charge in [0.1, 0.15) is 11.2 Å². The highest BCUT2D eigenvalue weighted by atomic mass is 16.3. The van der Waals surface area contributed by atoms with E-state index in [9.17, 15) is 0 Å². The van der Waals surface area contributed by atoms with Crippen LogP contribution in [-0.2, 0) is 0 Å². The minimum Gasteiger partial charge on any atom is -0.456 e. The Bertz CT molecular complexity index is 3390. The standard InChI is InChI=1S/C52H32N4O/c1-3-13-33(14-4-1)43-32-44(34-15-5-2-6-16-34)54-52(53-43)35-23-25-36(26-24-35)56-47-31-37(55-45-20-10-7-17-38(45)39-18-8-11-21-46(39)55)27-28-40(47)41-29-30-49-50(51(41)56)42-19-9-12-22-48(42)57-49/h1-32H. The van der Waals surface area contributed by atoms with Crippen LogP contribution in [0.5, 0.6) is 0 Å². The van der Waals surface area contributed by atoms with Gasteiger partial charge in [0, 0.05) is 55.0 Å². The zero-order valence-corrected chi connectivity index (χ0v) is 30.7. The molecular weight excluding hydrogens is 697 g/mol. The van der Waals surface area contributed by atoms with Crippen molar-refractivity contribution in [2.24, 2.45) is 0 Å². The van der Waals surface area contributed by atoms with Gasteiger partial charge in [0.25, 0.3) is 0 Å². The van der Waals surface area contributed by atoms with Crippen LogP contribution < -0.4 is 0 Å². The molecule has 266 valence electrons. The second kappa shape index (κ2) is 12.4. The molecule has 0 atom stereocenters. The first-order valence-corrected chi connectivity index (χ1v) is 19.2. The summed E-state index contributed by atoms with van der Waals surface area (Å²) in [5.74, 6) is 0.681. The van der Waals surface area contributed by atoms with Gasteiger partial charge in [-0.15, -0.1) is 0 Å². The number of fused-ring (bicyclic) bond motifs is 10. The summed E-state index contributed by atoms with van der Waals surface area (Å²) in [7, 11) is 0. The summed E-state index contributed by atoms with van der Waals surface area (Å²) >= 11 is 0. The van der Waals surface area contributed by atoms with Crippen molar-refractivity contribution in [2.45, 2.75) is 0 Å². The molecule has 0 amide bonds. The fourth-order valence-corrected chi connectivity index (χ4v) is 8.76. The average Bonchev–Trinajstić information content (AvgIpc) is 3.94. The maximum Gasteiger partial charge on any atom is 0.160 e. The second-order valence-electron chi connectivity index (χ2n) is 14.6. The van der Waals surface area contributed by atoms with Crippen LogP contribution in [0.3, 0.4) is 0 Å². The molecule has 0 N–H and O–H groups in total. The smallest absolute Gasteiger partial charge is 0.160 e. The summed E-state index contributed by atoms with van der Waals surface area (Å²) < 4.78 is 11.3. The molecule has 57 heavy (non-hydrogen) atoms. The molecule has 0 unspecified atom stereocenters. The van der Waals surface area contributed by atoms with E-state index in [2.05, 4.69) is 161 Å². The quantitative estimate of drug-likeness (QED) is 0.177. The first-order chi connectivity index (χ1) is 28.3. The number of nitrogens with zero attached hydrogens (tertiary/aromatic N) is 4. The number of hydrogen-bond donors (Lipinski definition) is 0. The largest absolute Gasteiger partial charge is 0.456 e. The number of benzene rings is 8.